The molecule has 10 heterocycles. The van der Waals surface area contributed by atoms with Crippen LogP contribution >= 0.6 is 27.5 Å². The Bertz CT molecular complexity index is 5410. The molecule has 6 aromatic carbocycles. The molecule has 11 aromatic rings. The van der Waals surface area contributed by atoms with Crippen LogP contribution in [0.2, 0.25) is 5.02 Å². The van der Waals surface area contributed by atoms with Gasteiger partial charge in [0.25, 0.3) is 0 Å². The number of hydrogen-bond acceptors (Lipinski definition) is 14. The molecule has 7 amide bonds. The number of hydrogen-bond donors (Lipinski definition) is 3. The second kappa shape index (κ2) is 41.3. The Morgan fingerprint density at radius 3 is 1.18 bits per heavy atom. The number of anilines is 2. The Kier molecular flexibility index (Phi) is 28.6. The number of benzene rings is 6. The van der Waals surface area contributed by atoms with E-state index in [9.17, 15) is 19.2 Å². The van der Waals surface area contributed by atoms with Gasteiger partial charge in [-0.2, -0.15) is 0 Å². The number of piperazine rings is 4. The molecule has 4 unspecified atom stereocenters. The number of carbonyl (C=O) groups excluding carboxylic acids is 4. The summed E-state index contributed by atoms with van der Waals surface area (Å²) in [6, 6.07) is 65.6. The summed E-state index contributed by atoms with van der Waals surface area (Å²) < 4.78 is 1.02. The summed E-state index contributed by atoms with van der Waals surface area (Å²) >= 11 is 9.96. The highest BCUT2D eigenvalue weighted by molar-refractivity contribution is 9.10. The molecular weight excluding hydrogens is 1670 g/mol. The molecule has 5 saturated heterocycles. The van der Waals surface area contributed by atoms with E-state index in [2.05, 4.69) is 185 Å². The third kappa shape index (κ3) is 21.4. The summed E-state index contributed by atoms with van der Waals surface area (Å²) in [6.07, 6.45) is 22.1. The van der Waals surface area contributed by atoms with Gasteiger partial charge in [0.2, 0.25) is 5.91 Å². The van der Waals surface area contributed by atoms with Gasteiger partial charge in [0.15, 0.2) is 0 Å². The first-order chi connectivity index (χ1) is 62.0. The van der Waals surface area contributed by atoms with Crippen LogP contribution in [-0.4, -0.2) is 218 Å². The molecule has 5 aliphatic heterocycles. The summed E-state index contributed by atoms with van der Waals surface area (Å²) in [7, 11) is 2.17. The Morgan fingerprint density at radius 1 is 0.370 bits per heavy atom. The summed E-state index contributed by atoms with van der Waals surface area (Å²) in [5.41, 5.74) is 27.6. The fraction of sp³-hybridized carbons (Fsp3) is 0.375. The number of pyridine rings is 5. The highest BCUT2D eigenvalue weighted by atomic mass is 79.9. The van der Waals surface area contributed by atoms with Crippen molar-refractivity contribution in [1.29, 1.82) is 0 Å². The third-order valence-corrected chi connectivity index (χ3v) is 27.8. The van der Waals surface area contributed by atoms with E-state index < -0.39 is 0 Å². The quantitative estimate of drug-likeness (QED) is 0.117. The lowest BCUT2D eigenvalue weighted by Crippen LogP contribution is -2.52. The van der Waals surface area contributed by atoms with Gasteiger partial charge < -0.3 is 40.4 Å². The second-order valence-corrected chi connectivity index (χ2v) is 36.8. The Balaban J connectivity index is 0.000000119. The van der Waals surface area contributed by atoms with Crippen LogP contribution in [0.25, 0.3) is 0 Å². The number of fused-ring (bicyclic) bond motifs is 8. The van der Waals surface area contributed by atoms with Crippen LogP contribution in [0.3, 0.4) is 0 Å². The molecule has 5 aromatic heterocycles. The molecule has 0 saturated carbocycles. The number of aryl methyl sites for hydroxylation is 11. The van der Waals surface area contributed by atoms with Gasteiger partial charge in [-0.15, -0.1) is 0 Å². The van der Waals surface area contributed by atoms with Crippen molar-refractivity contribution in [2.45, 2.75) is 122 Å². The van der Waals surface area contributed by atoms with Crippen LogP contribution in [0.1, 0.15) is 155 Å². The topological polar surface area (TPSA) is 198 Å². The predicted molar refractivity (Wildman–Crippen MR) is 506 cm³/mol. The lowest BCUT2D eigenvalue weighted by Gasteiger charge is -2.40. The average Bonchev–Trinajstić information content (AvgIpc) is 1.79. The van der Waals surface area contributed by atoms with Crippen molar-refractivity contribution in [2.75, 3.05) is 135 Å². The van der Waals surface area contributed by atoms with Gasteiger partial charge >= 0.3 is 18.1 Å². The fourth-order valence-corrected chi connectivity index (χ4v) is 20.8. The molecule has 20 rings (SSSR count). The zero-order valence-corrected chi connectivity index (χ0v) is 76.0. The molecule has 0 radical (unpaired) electrons. The number of nitrogens with one attached hydrogen (secondary N) is 3. The largest absolute Gasteiger partial charge is 0.340 e. The molecule has 9 aliphatic rings. The standard InChI is InChI=1S/C27H30N4O.C26H32BrClN4O.C26H28N4O.C25H27N5O/c1-20-9-12-24-23(18-20)11-10-22-8-5-13-28-25(22)26(24)30-14-16-31(17-15-30)27(32)29-19-21-6-3-2-4-7-21;1-30-8-6-18(7-9-30)14-24(33)31-10-12-32(13-11-31)26-23-5-4-22(28)16-19(23)2-3-20-15-21(27)17-29-25(20)26;1-19-9-12-23-21(18-19)11-10-20-6-5-13-27-24(20)25(23)29-14-16-30(17-15-29)26(31)28-22-7-3-2-4-8-22;1-18-4-7-22-20(17-18)6-5-19-3-2-10-27-23(19)24(22)29-13-15-30(16-14-29)25(31)28-21-8-11-26-12-9-21/h2-9,12-13,18,26H,10-11,14-17,19H2,1H3,(H,29,32);4-5,15-18,26H,2-3,6-14H2,1H3;2-9,12-13,18,25H,10-11,14-17H2,1H3,(H,28,31);2-4,7-12,17,24H,5-6,13-16H2,1H3,(H,26,28,31). The molecule has 127 heavy (non-hydrogen) atoms. The normalized spacial score (nSPS) is 19.6. The van der Waals surface area contributed by atoms with Crippen molar-refractivity contribution in [3.8, 4) is 0 Å². The summed E-state index contributed by atoms with van der Waals surface area (Å²) in [6.45, 7) is 21.8. The van der Waals surface area contributed by atoms with E-state index in [4.69, 9.17) is 31.5 Å². The number of halogens is 2. The van der Waals surface area contributed by atoms with Crippen LogP contribution in [0.15, 0.2) is 230 Å². The highest BCUT2D eigenvalue weighted by Gasteiger charge is 2.39. The number of carbonyl (C=O) groups is 4. The SMILES string of the molecule is CN1CCC(CC(=O)N2CCN(C3c4ccc(Cl)cc4CCc4cc(Br)cnc43)CC2)CC1.Cc1ccc2c(c1)CCc1cccnc1C2N1CCN(C(=O)NCc2ccccc2)CC1.Cc1ccc2c(c1)CCc1cccnc1C2N1CCN(C(=O)Nc2ccccc2)CC1.Cc1ccc2c(c1)CCc1cccnc1C2N1CCN(C(=O)Nc2ccncc2)CC1. The number of amides is 7. The van der Waals surface area contributed by atoms with Crippen LogP contribution in [0.5, 0.6) is 0 Å². The number of rotatable bonds is 10. The molecule has 21 nitrogen and oxygen atoms in total. The molecule has 23 heteroatoms. The number of urea groups is 3. The Morgan fingerprint density at radius 2 is 0.740 bits per heavy atom. The van der Waals surface area contributed by atoms with Crippen molar-refractivity contribution in [1.82, 2.24) is 74.3 Å². The van der Waals surface area contributed by atoms with Crippen molar-refractivity contribution in [2.24, 2.45) is 5.92 Å². The maximum Gasteiger partial charge on any atom is 0.321 e. The van der Waals surface area contributed by atoms with Crippen molar-refractivity contribution in [3.05, 3.63) is 347 Å². The molecular formula is C104H117BrClN17O4. The lowest BCUT2D eigenvalue weighted by molar-refractivity contribution is -0.134. The van der Waals surface area contributed by atoms with Crippen molar-refractivity contribution in [3.63, 3.8) is 0 Å². The summed E-state index contributed by atoms with van der Waals surface area (Å²) in [4.78, 5) is 94.8. The van der Waals surface area contributed by atoms with Gasteiger partial charge in [-0.05, 0) is 260 Å². The van der Waals surface area contributed by atoms with Crippen LogP contribution in [0.4, 0.5) is 25.8 Å². The van der Waals surface area contributed by atoms with E-state index in [-0.39, 0.29) is 42.3 Å². The Hall–Kier alpha value is -11.1. The minimum atomic E-state index is -0.0544. The van der Waals surface area contributed by atoms with Crippen LogP contribution < -0.4 is 16.0 Å². The van der Waals surface area contributed by atoms with Gasteiger partial charge in [0, 0.05) is 176 Å². The van der Waals surface area contributed by atoms with E-state index >= 15 is 0 Å². The monoisotopic (exact) mass is 1780 g/mol. The fourth-order valence-electron chi connectivity index (χ4n) is 20.2. The van der Waals surface area contributed by atoms with Crippen LogP contribution in [0, 0.1) is 26.7 Å². The van der Waals surface area contributed by atoms with E-state index in [1.807, 2.05) is 124 Å². The first kappa shape index (κ1) is 88.0. The number of para-hydroxylation sites is 1. The number of nitrogens with zero attached hydrogens (tertiary/aromatic N) is 14. The van der Waals surface area contributed by atoms with Gasteiger partial charge in [0.05, 0.1) is 46.9 Å². The molecule has 4 atom stereocenters. The number of piperidine rings is 1. The third-order valence-electron chi connectivity index (χ3n) is 27.1. The highest BCUT2D eigenvalue weighted by Crippen LogP contribution is 2.43. The van der Waals surface area contributed by atoms with Crippen LogP contribution in [-0.2, 0) is 62.7 Å². The zero-order chi connectivity index (χ0) is 87.3. The molecule has 0 spiro atoms. The predicted octanol–water partition coefficient (Wildman–Crippen LogP) is 16.9. The number of aromatic nitrogens is 5. The lowest BCUT2D eigenvalue weighted by atomic mass is 9.93. The Labute approximate surface area is 761 Å². The minimum absolute atomic E-state index is 0.0175. The van der Waals surface area contributed by atoms with Gasteiger partial charge in [0.1, 0.15) is 0 Å². The first-order valence-electron chi connectivity index (χ1n) is 45.6. The van der Waals surface area contributed by atoms with Gasteiger partial charge in [-0.1, -0.05) is 156 Å². The van der Waals surface area contributed by atoms with E-state index in [0.29, 0.717) is 51.0 Å². The number of likely N-dealkylation sites (tertiary alicyclic amines) is 1. The van der Waals surface area contributed by atoms with Crippen molar-refractivity contribution < 1.29 is 19.2 Å². The maximum atomic E-state index is 13.0. The van der Waals surface area contributed by atoms with E-state index in [1.54, 1.807) is 24.5 Å². The van der Waals surface area contributed by atoms with E-state index in [0.717, 1.165) is 188 Å². The summed E-state index contributed by atoms with van der Waals surface area (Å²) in [5.74, 6) is 0.874. The second-order valence-electron chi connectivity index (χ2n) is 35.4. The van der Waals surface area contributed by atoms with E-state index in [1.165, 1.54) is 101 Å². The summed E-state index contributed by atoms with van der Waals surface area (Å²) in [5, 5.41) is 9.83. The molecule has 5 fully saturated rings. The van der Waals surface area contributed by atoms with Gasteiger partial charge in [-0.25, -0.2) is 14.4 Å². The zero-order valence-electron chi connectivity index (χ0n) is 73.6. The smallest absolute Gasteiger partial charge is 0.321 e. The molecule has 0 bridgehead atoms. The minimum Gasteiger partial charge on any atom is -0.340 e. The molecule has 656 valence electrons. The first-order valence-corrected chi connectivity index (χ1v) is 46.8. The molecule has 3 N–H and O–H groups in total. The average molecular weight is 1780 g/mol. The molecule has 4 aliphatic carbocycles. The maximum absolute atomic E-state index is 13.0. The van der Waals surface area contributed by atoms with Crippen molar-refractivity contribution >= 4 is 62.9 Å². The van der Waals surface area contributed by atoms with Gasteiger partial charge in [-0.3, -0.25) is 49.3 Å².